The van der Waals surface area contributed by atoms with Crippen molar-refractivity contribution < 1.29 is 24.3 Å². The SMILES string of the molecule is COCCCOc1ncc(C(=O)O)cc1[N+](=O)[O-]. The molecule has 0 aromatic carbocycles. The Morgan fingerprint density at radius 2 is 2.28 bits per heavy atom. The van der Waals surface area contributed by atoms with Gasteiger partial charge in [0.05, 0.1) is 17.1 Å². The van der Waals surface area contributed by atoms with Crippen LogP contribution >= 0.6 is 0 Å². The molecule has 0 spiro atoms. The highest BCUT2D eigenvalue weighted by Crippen LogP contribution is 2.25. The van der Waals surface area contributed by atoms with E-state index in [2.05, 4.69) is 4.98 Å². The molecule has 1 heterocycles. The maximum atomic E-state index is 10.8. The number of pyridine rings is 1. The lowest BCUT2D eigenvalue weighted by molar-refractivity contribution is -0.386. The molecule has 1 aromatic heterocycles. The normalized spacial score (nSPS) is 10.1. The van der Waals surface area contributed by atoms with Gasteiger partial charge in [0, 0.05) is 32.4 Å². The summed E-state index contributed by atoms with van der Waals surface area (Å²) in [5, 5.41) is 19.5. The first kappa shape index (κ1) is 13.8. The standard InChI is InChI=1S/C10H12N2O6/c1-17-3-2-4-18-9-8(12(15)16)5-7(6-11-9)10(13)14/h5-6H,2-4H2,1H3,(H,13,14). The van der Waals surface area contributed by atoms with Crippen molar-refractivity contribution in [1.29, 1.82) is 0 Å². The largest absolute Gasteiger partial charge is 0.478 e. The van der Waals surface area contributed by atoms with Crippen LogP contribution in [0, 0.1) is 10.1 Å². The summed E-state index contributed by atoms with van der Waals surface area (Å²) in [4.78, 5) is 24.3. The van der Waals surface area contributed by atoms with Gasteiger partial charge in [-0.15, -0.1) is 0 Å². The molecule has 8 heteroatoms. The van der Waals surface area contributed by atoms with Gasteiger partial charge in [-0.05, 0) is 0 Å². The Kier molecular flexibility index (Phi) is 5.00. The molecule has 0 saturated carbocycles. The maximum Gasteiger partial charge on any atom is 0.337 e. The average Bonchev–Trinajstić information content (AvgIpc) is 2.34. The fourth-order valence-electron chi connectivity index (χ4n) is 1.17. The number of nitrogens with zero attached hydrogens (tertiary/aromatic N) is 2. The predicted octanol–water partition coefficient (Wildman–Crippen LogP) is 1.10. The van der Waals surface area contributed by atoms with Gasteiger partial charge in [0.1, 0.15) is 0 Å². The van der Waals surface area contributed by atoms with Gasteiger partial charge in [0.2, 0.25) is 0 Å². The van der Waals surface area contributed by atoms with Crippen molar-refractivity contribution in [3.8, 4) is 5.88 Å². The lowest BCUT2D eigenvalue weighted by Crippen LogP contribution is -2.06. The number of aromatic carboxylic acids is 1. The van der Waals surface area contributed by atoms with E-state index in [4.69, 9.17) is 14.6 Å². The number of rotatable bonds is 7. The summed E-state index contributed by atoms with van der Waals surface area (Å²) in [6, 6.07) is 0.918. The van der Waals surface area contributed by atoms with Crippen LogP contribution in [0.25, 0.3) is 0 Å². The summed E-state index contributed by atoms with van der Waals surface area (Å²) in [6.45, 7) is 0.662. The molecule has 0 saturated heterocycles. The lowest BCUT2D eigenvalue weighted by atomic mass is 10.2. The molecule has 8 nitrogen and oxygen atoms in total. The second-order valence-corrected chi connectivity index (χ2v) is 3.31. The first-order valence-electron chi connectivity index (χ1n) is 5.05. The molecule has 0 aliphatic rings. The molecule has 0 radical (unpaired) electrons. The summed E-state index contributed by atoms with van der Waals surface area (Å²) in [7, 11) is 1.53. The Morgan fingerprint density at radius 3 is 2.83 bits per heavy atom. The van der Waals surface area contributed by atoms with Crippen molar-refractivity contribution in [2.75, 3.05) is 20.3 Å². The highest BCUT2D eigenvalue weighted by Gasteiger charge is 2.20. The van der Waals surface area contributed by atoms with Crippen molar-refractivity contribution in [2.45, 2.75) is 6.42 Å². The number of carboxylic acid groups (broad SMARTS) is 1. The predicted molar refractivity (Wildman–Crippen MR) is 59.8 cm³/mol. The Hall–Kier alpha value is -2.22. The van der Waals surface area contributed by atoms with Crippen molar-refractivity contribution in [2.24, 2.45) is 0 Å². The fraction of sp³-hybridized carbons (Fsp3) is 0.400. The number of methoxy groups -OCH3 is 1. The highest BCUT2D eigenvalue weighted by atomic mass is 16.6. The van der Waals surface area contributed by atoms with E-state index in [1.165, 1.54) is 7.11 Å². The number of carbonyl (C=O) groups is 1. The second-order valence-electron chi connectivity index (χ2n) is 3.31. The minimum atomic E-state index is -1.28. The van der Waals surface area contributed by atoms with Crippen LogP contribution in [0.4, 0.5) is 5.69 Å². The molecule has 0 amide bonds. The molecule has 0 atom stereocenters. The Bertz CT molecular complexity index is 448. The molecule has 0 aliphatic carbocycles. The average molecular weight is 256 g/mol. The summed E-state index contributed by atoms with van der Waals surface area (Å²) in [5.41, 5.74) is -0.724. The molecule has 1 rings (SSSR count). The monoisotopic (exact) mass is 256 g/mol. The van der Waals surface area contributed by atoms with Gasteiger partial charge in [0.25, 0.3) is 5.88 Å². The first-order valence-corrected chi connectivity index (χ1v) is 5.05. The zero-order valence-electron chi connectivity index (χ0n) is 9.66. The summed E-state index contributed by atoms with van der Waals surface area (Å²) < 4.78 is 9.91. The van der Waals surface area contributed by atoms with Crippen LogP contribution in [0.3, 0.4) is 0 Å². The molecule has 0 fully saturated rings. The molecular formula is C10H12N2O6. The number of ether oxygens (including phenoxy) is 2. The number of aromatic nitrogens is 1. The summed E-state index contributed by atoms with van der Waals surface area (Å²) in [6.07, 6.45) is 1.57. The van der Waals surface area contributed by atoms with E-state index in [9.17, 15) is 14.9 Å². The van der Waals surface area contributed by atoms with E-state index in [0.29, 0.717) is 13.0 Å². The Morgan fingerprint density at radius 1 is 1.56 bits per heavy atom. The van der Waals surface area contributed by atoms with E-state index in [1.54, 1.807) is 0 Å². The molecule has 18 heavy (non-hydrogen) atoms. The van der Waals surface area contributed by atoms with Gasteiger partial charge >= 0.3 is 11.7 Å². The fourth-order valence-corrected chi connectivity index (χ4v) is 1.17. The van der Waals surface area contributed by atoms with Crippen LogP contribution in [0.1, 0.15) is 16.8 Å². The van der Waals surface area contributed by atoms with Gasteiger partial charge in [-0.2, -0.15) is 0 Å². The van der Waals surface area contributed by atoms with Crippen molar-refractivity contribution in [3.05, 3.63) is 27.9 Å². The van der Waals surface area contributed by atoms with E-state index < -0.39 is 16.6 Å². The van der Waals surface area contributed by atoms with Crippen molar-refractivity contribution in [1.82, 2.24) is 4.98 Å². The van der Waals surface area contributed by atoms with Crippen LogP contribution in [0.5, 0.6) is 5.88 Å². The molecule has 0 bridgehead atoms. The first-order chi connectivity index (χ1) is 8.56. The zero-order chi connectivity index (χ0) is 13.5. The number of hydrogen-bond acceptors (Lipinski definition) is 6. The molecule has 0 unspecified atom stereocenters. The van der Waals surface area contributed by atoms with E-state index in [1.807, 2.05) is 0 Å². The summed E-state index contributed by atoms with van der Waals surface area (Å²) >= 11 is 0. The highest BCUT2D eigenvalue weighted by molar-refractivity contribution is 5.88. The van der Waals surface area contributed by atoms with E-state index in [0.717, 1.165) is 12.3 Å². The third-order valence-corrected chi connectivity index (χ3v) is 2.01. The van der Waals surface area contributed by atoms with Crippen molar-refractivity contribution >= 4 is 11.7 Å². The molecule has 0 aliphatic heterocycles. The van der Waals surface area contributed by atoms with Crippen LogP contribution in [0.15, 0.2) is 12.3 Å². The zero-order valence-corrected chi connectivity index (χ0v) is 9.66. The minimum absolute atomic E-state index is 0.193. The van der Waals surface area contributed by atoms with Gasteiger partial charge in [0.15, 0.2) is 0 Å². The van der Waals surface area contributed by atoms with Crippen LogP contribution in [-0.4, -0.2) is 41.3 Å². The Balaban J connectivity index is 2.83. The van der Waals surface area contributed by atoms with Gasteiger partial charge < -0.3 is 14.6 Å². The molecular weight excluding hydrogens is 244 g/mol. The third kappa shape index (κ3) is 3.67. The van der Waals surface area contributed by atoms with Gasteiger partial charge in [-0.3, -0.25) is 10.1 Å². The van der Waals surface area contributed by atoms with Crippen molar-refractivity contribution in [3.63, 3.8) is 0 Å². The molecule has 1 N–H and O–H groups in total. The Labute approximate surface area is 102 Å². The topological polar surface area (TPSA) is 112 Å². The number of carboxylic acids is 1. The van der Waals surface area contributed by atoms with Crippen LogP contribution < -0.4 is 4.74 Å². The smallest absolute Gasteiger partial charge is 0.337 e. The van der Waals surface area contributed by atoms with Gasteiger partial charge in [-0.25, -0.2) is 9.78 Å². The van der Waals surface area contributed by atoms with Crippen LogP contribution in [0.2, 0.25) is 0 Å². The molecule has 1 aromatic rings. The van der Waals surface area contributed by atoms with E-state index >= 15 is 0 Å². The minimum Gasteiger partial charge on any atom is -0.478 e. The lowest BCUT2D eigenvalue weighted by Gasteiger charge is -2.05. The quantitative estimate of drug-likeness (QED) is 0.441. The maximum absolute atomic E-state index is 10.8. The number of hydrogen-bond donors (Lipinski definition) is 1. The number of nitro groups is 1. The second kappa shape index (κ2) is 6.50. The molecule has 98 valence electrons. The third-order valence-electron chi connectivity index (χ3n) is 2.01. The van der Waals surface area contributed by atoms with Crippen LogP contribution in [-0.2, 0) is 4.74 Å². The van der Waals surface area contributed by atoms with E-state index in [-0.39, 0.29) is 18.1 Å². The summed E-state index contributed by atoms with van der Waals surface area (Å²) in [5.74, 6) is -1.47. The van der Waals surface area contributed by atoms with Gasteiger partial charge in [-0.1, -0.05) is 0 Å².